The Morgan fingerprint density at radius 2 is 2.29 bits per heavy atom. The molecule has 0 spiro atoms. The van der Waals surface area contributed by atoms with E-state index in [0.717, 1.165) is 12.5 Å². The molecule has 5 heteroatoms. The summed E-state index contributed by atoms with van der Waals surface area (Å²) >= 11 is 0. The Hall–Kier alpha value is -1.10. The molecule has 1 saturated carbocycles. The van der Waals surface area contributed by atoms with E-state index in [0.29, 0.717) is 24.9 Å². The van der Waals surface area contributed by atoms with Crippen LogP contribution in [0.4, 0.5) is 6.01 Å². The minimum absolute atomic E-state index is 0.528. The molecule has 0 atom stereocenters. The van der Waals surface area contributed by atoms with Crippen LogP contribution in [0.1, 0.15) is 25.2 Å². The van der Waals surface area contributed by atoms with Gasteiger partial charge in [-0.05, 0) is 18.8 Å². The highest BCUT2D eigenvalue weighted by atomic mass is 16.4. The van der Waals surface area contributed by atoms with Gasteiger partial charge in [0.15, 0.2) is 0 Å². The number of hydrogen-bond acceptors (Lipinski definition) is 5. The van der Waals surface area contributed by atoms with Crippen LogP contribution >= 0.6 is 0 Å². The molecule has 0 unspecified atom stereocenters. The maximum absolute atomic E-state index is 5.37. The highest BCUT2D eigenvalue weighted by Gasteiger charge is 2.17. The molecule has 1 aliphatic carbocycles. The van der Waals surface area contributed by atoms with Gasteiger partial charge in [-0.15, -0.1) is 5.10 Å². The summed E-state index contributed by atoms with van der Waals surface area (Å²) in [6.45, 7) is 1.49. The van der Waals surface area contributed by atoms with E-state index in [1.165, 1.54) is 19.3 Å². The highest BCUT2D eigenvalue weighted by molar-refractivity contribution is 5.17. The summed E-state index contributed by atoms with van der Waals surface area (Å²) in [7, 11) is 0. The zero-order valence-corrected chi connectivity index (χ0v) is 8.20. The summed E-state index contributed by atoms with van der Waals surface area (Å²) < 4.78 is 5.33. The standard InChI is InChI=1S/C9H16N4O/c10-5-4-8-12-13-9(14-8)11-6-7-2-1-3-7/h7H,1-6,10H2,(H,11,13). The van der Waals surface area contributed by atoms with E-state index < -0.39 is 0 Å². The predicted octanol–water partition coefficient (Wildman–Crippen LogP) is 0.783. The molecule has 0 radical (unpaired) electrons. The normalized spacial score (nSPS) is 16.6. The van der Waals surface area contributed by atoms with Gasteiger partial charge in [0.25, 0.3) is 0 Å². The molecule has 78 valence electrons. The van der Waals surface area contributed by atoms with Crippen LogP contribution < -0.4 is 11.1 Å². The number of hydrogen-bond donors (Lipinski definition) is 2. The van der Waals surface area contributed by atoms with Crippen LogP contribution in [-0.4, -0.2) is 23.3 Å². The number of nitrogens with one attached hydrogen (secondary N) is 1. The largest absolute Gasteiger partial charge is 0.408 e. The van der Waals surface area contributed by atoms with E-state index in [1.807, 2.05) is 0 Å². The lowest BCUT2D eigenvalue weighted by Crippen LogP contribution is -2.20. The van der Waals surface area contributed by atoms with Crippen molar-refractivity contribution in [2.45, 2.75) is 25.7 Å². The molecular weight excluding hydrogens is 180 g/mol. The molecule has 0 amide bonds. The van der Waals surface area contributed by atoms with Gasteiger partial charge in [0.1, 0.15) is 0 Å². The van der Waals surface area contributed by atoms with E-state index in [2.05, 4.69) is 15.5 Å². The fourth-order valence-corrected chi connectivity index (χ4v) is 1.48. The topological polar surface area (TPSA) is 77.0 Å². The minimum atomic E-state index is 0.528. The predicted molar refractivity (Wildman–Crippen MR) is 52.9 cm³/mol. The van der Waals surface area contributed by atoms with Crippen LogP contribution in [0.15, 0.2) is 4.42 Å². The van der Waals surface area contributed by atoms with Crippen LogP contribution in [0.2, 0.25) is 0 Å². The van der Waals surface area contributed by atoms with Crippen molar-refractivity contribution in [2.75, 3.05) is 18.4 Å². The second-order valence-corrected chi connectivity index (χ2v) is 3.72. The average molecular weight is 196 g/mol. The van der Waals surface area contributed by atoms with Crippen molar-refractivity contribution >= 4 is 6.01 Å². The molecule has 5 nitrogen and oxygen atoms in total. The maximum atomic E-state index is 5.37. The van der Waals surface area contributed by atoms with Crippen LogP contribution in [0.3, 0.4) is 0 Å². The summed E-state index contributed by atoms with van der Waals surface area (Å²) in [5.41, 5.74) is 5.37. The molecule has 14 heavy (non-hydrogen) atoms. The van der Waals surface area contributed by atoms with Gasteiger partial charge >= 0.3 is 6.01 Å². The lowest BCUT2D eigenvalue weighted by molar-refractivity contribution is 0.330. The molecule has 0 aliphatic heterocycles. The second kappa shape index (κ2) is 4.41. The number of nitrogens with two attached hydrogens (primary N) is 1. The van der Waals surface area contributed by atoms with Gasteiger partial charge in [-0.2, -0.15) is 0 Å². The molecule has 0 aromatic carbocycles. The van der Waals surface area contributed by atoms with Gasteiger partial charge in [-0.3, -0.25) is 0 Å². The maximum Gasteiger partial charge on any atom is 0.315 e. The molecule has 3 N–H and O–H groups in total. The third-order valence-corrected chi connectivity index (χ3v) is 2.59. The van der Waals surface area contributed by atoms with E-state index in [9.17, 15) is 0 Å². The first-order valence-corrected chi connectivity index (χ1v) is 5.15. The van der Waals surface area contributed by atoms with E-state index in [-0.39, 0.29) is 0 Å². The van der Waals surface area contributed by atoms with Crippen molar-refractivity contribution in [3.05, 3.63) is 5.89 Å². The fourth-order valence-electron chi connectivity index (χ4n) is 1.48. The first kappa shape index (κ1) is 9.45. The van der Waals surface area contributed by atoms with E-state index >= 15 is 0 Å². The van der Waals surface area contributed by atoms with Crippen LogP contribution in [0.25, 0.3) is 0 Å². The summed E-state index contributed by atoms with van der Waals surface area (Å²) in [5.74, 6) is 1.41. The van der Waals surface area contributed by atoms with Crippen LogP contribution in [-0.2, 0) is 6.42 Å². The zero-order valence-electron chi connectivity index (χ0n) is 8.20. The SMILES string of the molecule is NCCc1nnc(NCC2CCC2)o1. The van der Waals surface area contributed by atoms with Crippen molar-refractivity contribution in [3.8, 4) is 0 Å². The van der Waals surface area contributed by atoms with Crippen molar-refractivity contribution in [2.24, 2.45) is 11.7 Å². The Kier molecular flexibility index (Phi) is 2.98. The third kappa shape index (κ3) is 2.23. The first-order chi connectivity index (χ1) is 6.88. The van der Waals surface area contributed by atoms with Gasteiger partial charge in [-0.25, -0.2) is 0 Å². The molecular formula is C9H16N4O. The number of nitrogens with zero attached hydrogens (tertiary/aromatic N) is 2. The van der Waals surface area contributed by atoms with Gasteiger partial charge in [0.2, 0.25) is 5.89 Å². The summed E-state index contributed by atoms with van der Waals surface area (Å²) in [6.07, 6.45) is 4.64. The van der Waals surface area contributed by atoms with Crippen molar-refractivity contribution in [1.82, 2.24) is 10.2 Å². The van der Waals surface area contributed by atoms with Gasteiger partial charge in [0.05, 0.1) is 0 Å². The molecule has 1 aliphatic rings. The van der Waals surface area contributed by atoms with Crippen molar-refractivity contribution in [3.63, 3.8) is 0 Å². The van der Waals surface area contributed by atoms with E-state index in [1.54, 1.807) is 0 Å². The number of anilines is 1. The Balaban J connectivity index is 1.77. The monoisotopic (exact) mass is 196 g/mol. The Morgan fingerprint density at radius 1 is 1.43 bits per heavy atom. The highest BCUT2D eigenvalue weighted by Crippen LogP contribution is 2.26. The molecule has 1 heterocycles. The lowest BCUT2D eigenvalue weighted by Gasteiger charge is -2.24. The summed E-state index contributed by atoms with van der Waals surface area (Å²) in [4.78, 5) is 0. The third-order valence-electron chi connectivity index (χ3n) is 2.59. The Morgan fingerprint density at radius 3 is 2.93 bits per heavy atom. The molecule has 0 saturated heterocycles. The Bertz CT molecular complexity index is 282. The zero-order chi connectivity index (χ0) is 9.80. The number of aromatic nitrogens is 2. The number of rotatable bonds is 5. The average Bonchev–Trinajstić information content (AvgIpc) is 2.51. The molecule has 1 aromatic heterocycles. The van der Waals surface area contributed by atoms with Crippen molar-refractivity contribution in [1.29, 1.82) is 0 Å². The van der Waals surface area contributed by atoms with Crippen LogP contribution in [0, 0.1) is 5.92 Å². The summed E-state index contributed by atoms with van der Waals surface area (Å²) in [6, 6.07) is 0.528. The Labute approximate surface area is 83.1 Å². The van der Waals surface area contributed by atoms with Gasteiger partial charge in [-0.1, -0.05) is 11.5 Å². The van der Waals surface area contributed by atoms with Crippen molar-refractivity contribution < 1.29 is 4.42 Å². The quantitative estimate of drug-likeness (QED) is 0.727. The minimum Gasteiger partial charge on any atom is -0.408 e. The lowest BCUT2D eigenvalue weighted by atomic mass is 9.85. The van der Waals surface area contributed by atoms with Gasteiger partial charge < -0.3 is 15.5 Å². The molecule has 0 bridgehead atoms. The van der Waals surface area contributed by atoms with Crippen LogP contribution in [0.5, 0.6) is 0 Å². The first-order valence-electron chi connectivity index (χ1n) is 5.15. The second-order valence-electron chi connectivity index (χ2n) is 3.72. The molecule has 1 aromatic rings. The molecule has 1 fully saturated rings. The fraction of sp³-hybridized carbons (Fsp3) is 0.778. The molecule has 2 rings (SSSR count). The van der Waals surface area contributed by atoms with E-state index in [4.69, 9.17) is 10.2 Å². The smallest absolute Gasteiger partial charge is 0.315 e. The summed E-state index contributed by atoms with van der Waals surface area (Å²) in [5, 5.41) is 10.9. The van der Waals surface area contributed by atoms with Gasteiger partial charge in [0, 0.05) is 19.5 Å².